The maximum atomic E-state index is 12.2. The monoisotopic (exact) mass is 332 g/mol. The van der Waals surface area contributed by atoms with Crippen LogP contribution in [0.3, 0.4) is 0 Å². The molecule has 0 radical (unpaired) electrons. The highest BCUT2D eigenvalue weighted by molar-refractivity contribution is 5.78. The van der Waals surface area contributed by atoms with Crippen LogP contribution in [0.1, 0.15) is 31.2 Å². The maximum Gasteiger partial charge on any atom is 0.234 e. The molecular formula is C19H28N2O3. The van der Waals surface area contributed by atoms with E-state index in [-0.39, 0.29) is 11.5 Å². The molecule has 1 heterocycles. The van der Waals surface area contributed by atoms with Gasteiger partial charge < -0.3 is 14.8 Å². The van der Waals surface area contributed by atoms with E-state index in [1.807, 2.05) is 24.3 Å². The molecule has 0 atom stereocenters. The molecule has 1 aliphatic carbocycles. The van der Waals surface area contributed by atoms with Gasteiger partial charge in [0.15, 0.2) is 0 Å². The van der Waals surface area contributed by atoms with Gasteiger partial charge in [-0.05, 0) is 37.0 Å². The molecule has 1 saturated carbocycles. The number of hydrogen-bond donors (Lipinski definition) is 1. The van der Waals surface area contributed by atoms with Crippen molar-refractivity contribution in [1.29, 1.82) is 0 Å². The van der Waals surface area contributed by atoms with Gasteiger partial charge in [0.2, 0.25) is 5.91 Å². The number of carbonyl (C=O) groups excluding carboxylic acids is 1. The van der Waals surface area contributed by atoms with Crippen LogP contribution >= 0.6 is 0 Å². The minimum Gasteiger partial charge on any atom is -0.497 e. The van der Waals surface area contributed by atoms with E-state index in [1.54, 1.807) is 7.11 Å². The summed E-state index contributed by atoms with van der Waals surface area (Å²) in [5.74, 6) is 0.967. The predicted octanol–water partition coefficient (Wildman–Crippen LogP) is 2.00. The third-order valence-electron chi connectivity index (χ3n) is 5.10. The van der Waals surface area contributed by atoms with Gasteiger partial charge in [0, 0.05) is 19.6 Å². The molecule has 0 bridgehead atoms. The SMILES string of the molecule is COc1ccc(CCNC(=O)CN2CCOC3(CCCC3)C2)cc1. The first-order valence-electron chi connectivity index (χ1n) is 8.95. The number of benzene rings is 1. The molecule has 1 spiro atoms. The lowest BCUT2D eigenvalue weighted by Gasteiger charge is -2.40. The first kappa shape index (κ1) is 17.2. The average Bonchev–Trinajstić information content (AvgIpc) is 3.03. The molecule has 1 aromatic carbocycles. The van der Waals surface area contributed by atoms with E-state index in [0.717, 1.165) is 44.7 Å². The van der Waals surface area contributed by atoms with Gasteiger partial charge in [-0.3, -0.25) is 9.69 Å². The Hall–Kier alpha value is -1.59. The fourth-order valence-electron chi connectivity index (χ4n) is 3.78. The van der Waals surface area contributed by atoms with Gasteiger partial charge in [-0.2, -0.15) is 0 Å². The average molecular weight is 332 g/mol. The molecule has 1 aromatic rings. The van der Waals surface area contributed by atoms with Crippen LogP contribution in [0.25, 0.3) is 0 Å². The number of morpholine rings is 1. The van der Waals surface area contributed by atoms with E-state index >= 15 is 0 Å². The minimum absolute atomic E-state index is 0.0294. The molecule has 24 heavy (non-hydrogen) atoms. The van der Waals surface area contributed by atoms with Crippen molar-refractivity contribution in [3.8, 4) is 5.75 Å². The minimum atomic E-state index is 0.0294. The molecule has 1 aliphatic heterocycles. The molecule has 2 fully saturated rings. The Morgan fingerprint density at radius 2 is 2.04 bits per heavy atom. The van der Waals surface area contributed by atoms with Crippen molar-refractivity contribution in [1.82, 2.24) is 10.2 Å². The van der Waals surface area contributed by atoms with Gasteiger partial charge in [-0.1, -0.05) is 25.0 Å². The van der Waals surface area contributed by atoms with Crippen molar-refractivity contribution in [3.05, 3.63) is 29.8 Å². The molecule has 5 heteroatoms. The maximum absolute atomic E-state index is 12.2. The van der Waals surface area contributed by atoms with Crippen molar-refractivity contribution in [2.24, 2.45) is 0 Å². The molecule has 1 saturated heterocycles. The van der Waals surface area contributed by atoms with Crippen LogP contribution < -0.4 is 10.1 Å². The van der Waals surface area contributed by atoms with Crippen LogP contribution in [0.2, 0.25) is 0 Å². The normalized spacial score (nSPS) is 20.2. The fourth-order valence-corrected chi connectivity index (χ4v) is 3.78. The Labute approximate surface area is 144 Å². The molecule has 3 rings (SSSR count). The van der Waals surface area contributed by atoms with Gasteiger partial charge in [0.1, 0.15) is 5.75 Å². The fraction of sp³-hybridized carbons (Fsp3) is 0.632. The summed E-state index contributed by atoms with van der Waals surface area (Å²) in [6, 6.07) is 7.98. The third kappa shape index (κ3) is 4.48. The van der Waals surface area contributed by atoms with E-state index in [9.17, 15) is 4.79 Å². The molecule has 1 amide bonds. The van der Waals surface area contributed by atoms with Crippen molar-refractivity contribution >= 4 is 5.91 Å². The number of hydrogen-bond acceptors (Lipinski definition) is 4. The standard InChI is InChI=1S/C19H28N2O3/c1-23-17-6-4-16(5-7-17)8-11-20-18(22)14-21-12-13-24-19(15-21)9-2-3-10-19/h4-7H,2-3,8-15H2,1H3,(H,20,22). The van der Waals surface area contributed by atoms with E-state index in [0.29, 0.717) is 13.1 Å². The summed E-state index contributed by atoms with van der Waals surface area (Å²) in [7, 11) is 1.66. The van der Waals surface area contributed by atoms with Gasteiger partial charge in [0.05, 0.1) is 25.9 Å². The lowest BCUT2D eigenvalue weighted by Crippen LogP contribution is -2.52. The summed E-state index contributed by atoms with van der Waals surface area (Å²) in [4.78, 5) is 14.4. The van der Waals surface area contributed by atoms with E-state index in [2.05, 4.69) is 10.2 Å². The van der Waals surface area contributed by atoms with Crippen molar-refractivity contribution in [3.63, 3.8) is 0 Å². The zero-order chi connectivity index (χ0) is 16.8. The topological polar surface area (TPSA) is 50.8 Å². The van der Waals surface area contributed by atoms with E-state index < -0.39 is 0 Å². The highest BCUT2D eigenvalue weighted by Gasteiger charge is 2.39. The number of methoxy groups -OCH3 is 1. The number of rotatable bonds is 6. The van der Waals surface area contributed by atoms with Gasteiger partial charge >= 0.3 is 0 Å². The molecule has 1 N–H and O–H groups in total. The molecule has 0 aromatic heterocycles. The number of amides is 1. The summed E-state index contributed by atoms with van der Waals surface area (Å²) in [5.41, 5.74) is 1.23. The zero-order valence-electron chi connectivity index (χ0n) is 14.6. The van der Waals surface area contributed by atoms with Crippen LogP contribution in [0.15, 0.2) is 24.3 Å². The summed E-state index contributed by atoms with van der Waals surface area (Å²) in [5, 5.41) is 3.03. The quantitative estimate of drug-likeness (QED) is 0.866. The van der Waals surface area contributed by atoms with Crippen LogP contribution in [-0.2, 0) is 16.0 Å². The van der Waals surface area contributed by atoms with Gasteiger partial charge in [-0.15, -0.1) is 0 Å². The predicted molar refractivity (Wildman–Crippen MR) is 93.3 cm³/mol. The second kappa shape index (κ2) is 7.99. The Morgan fingerprint density at radius 3 is 2.75 bits per heavy atom. The summed E-state index contributed by atoms with van der Waals surface area (Å²) >= 11 is 0. The van der Waals surface area contributed by atoms with Crippen molar-refractivity contribution < 1.29 is 14.3 Å². The highest BCUT2D eigenvalue weighted by Crippen LogP contribution is 2.35. The van der Waals surface area contributed by atoms with Gasteiger partial charge in [-0.25, -0.2) is 0 Å². The summed E-state index contributed by atoms with van der Waals surface area (Å²) < 4.78 is 11.2. The lowest BCUT2D eigenvalue weighted by atomic mass is 10.00. The first-order chi connectivity index (χ1) is 11.7. The third-order valence-corrected chi connectivity index (χ3v) is 5.10. The van der Waals surface area contributed by atoms with Crippen LogP contribution in [0, 0.1) is 0 Å². The summed E-state index contributed by atoms with van der Waals surface area (Å²) in [6.45, 7) is 3.65. The van der Waals surface area contributed by atoms with Gasteiger partial charge in [0.25, 0.3) is 0 Å². The lowest BCUT2D eigenvalue weighted by molar-refractivity contribution is -0.130. The molecule has 132 valence electrons. The van der Waals surface area contributed by atoms with E-state index in [4.69, 9.17) is 9.47 Å². The number of nitrogens with zero attached hydrogens (tertiary/aromatic N) is 1. The molecule has 0 unspecified atom stereocenters. The molecule has 2 aliphatic rings. The largest absolute Gasteiger partial charge is 0.497 e. The smallest absolute Gasteiger partial charge is 0.234 e. The zero-order valence-corrected chi connectivity index (χ0v) is 14.6. The Morgan fingerprint density at radius 1 is 1.29 bits per heavy atom. The number of carbonyl (C=O) groups is 1. The second-order valence-electron chi connectivity index (χ2n) is 6.90. The Bertz CT molecular complexity index is 538. The second-order valence-corrected chi connectivity index (χ2v) is 6.90. The Kier molecular flexibility index (Phi) is 5.74. The number of nitrogens with one attached hydrogen (secondary N) is 1. The van der Waals surface area contributed by atoms with Crippen molar-refractivity contribution in [2.45, 2.75) is 37.7 Å². The van der Waals surface area contributed by atoms with Crippen LogP contribution in [0.4, 0.5) is 0 Å². The Balaban J connectivity index is 1.39. The molecular weight excluding hydrogens is 304 g/mol. The first-order valence-corrected chi connectivity index (χ1v) is 8.95. The van der Waals surface area contributed by atoms with Crippen LogP contribution in [-0.4, -0.2) is 56.3 Å². The highest BCUT2D eigenvalue weighted by atomic mass is 16.5. The van der Waals surface area contributed by atoms with Crippen molar-refractivity contribution in [2.75, 3.05) is 39.9 Å². The molecule has 5 nitrogen and oxygen atoms in total. The number of ether oxygens (including phenoxy) is 2. The van der Waals surface area contributed by atoms with Crippen LogP contribution in [0.5, 0.6) is 5.75 Å². The summed E-state index contributed by atoms with van der Waals surface area (Å²) in [6.07, 6.45) is 5.62. The van der Waals surface area contributed by atoms with E-state index in [1.165, 1.54) is 18.4 Å².